The van der Waals surface area contributed by atoms with E-state index in [-0.39, 0.29) is 22.7 Å². The van der Waals surface area contributed by atoms with Crippen LogP contribution in [-0.4, -0.2) is 36.0 Å². The third-order valence-corrected chi connectivity index (χ3v) is 5.67. The van der Waals surface area contributed by atoms with Gasteiger partial charge in [0.1, 0.15) is 5.69 Å². The molecule has 4 aromatic rings. The highest BCUT2D eigenvalue weighted by molar-refractivity contribution is 5.98. The summed E-state index contributed by atoms with van der Waals surface area (Å²) in [5.74, 6) is 0.188. The van der Waals surface area contributed by atoms with Crippen molar-refractivity contribution in [3.05, 3.63) is 71.7 Å². The lowest BCUT2D eigenvalue weighted by atomic mass is 9.75. The lowest BCUT2D eigenvalue weighted by molar-refractivity contribution is -0.137. The molecule has 0 saturated carbocycles. The highest BCUT2D eigenvalue weighted by atomic mass is 19.4. The van der Waals surface area contributed by atoms with Gasteiger partial charge in [0.2, 0.25) is 5.82 Å². The Balaban J connectivity index is 1.55. The van der Waals surface area contributed by atoms with Gasteiger partial charge in [-0.1, -0.05) is 19.9 Å². The summed E-state index contributed by atoms with van der Waals surface area (Å²) in [5.41, 5.74) is 1.54. The van der Waals surface area contributed by atoms with Crippen LogP contribution in [-0.2, 0) is 12.6 Å². The molecule has 3 heterocycles. The number of alkyl halides is 3. The summed E-state index contributed by atoms with van der Waals surface area (Å²) >= 11 is 0. The predicted molar refractivity (Wildman–Crippen MR) is 117 cm³/mol. The topological polar surface area (TPSA) is 86.5 Å². The smallest absolute Gasteiger partial charge is 0.294 e. The highest BCUT2D eigenvalue weighted by Gasteiger charge is 2.33. The zero-order valence-corrected chi connectivity index (χ0v) is 18.3. The van der Waals surface area contributed by atoms with E-state index in [1.165, 1.54) is 6.20 Å². The second-order valence-corrected chi connectivity index (χ2v) is 9.04. The molecule has 0 fully saturated rings. The maximum atomic E-state index is 13.6. The van der Waals surface area contributed by atoms with Crippen LogP contribution in [0.4, 0.5) is 13.2 Å². The fraction of sp³-hybridized carbons (Fsp3) is 0.250. The average Bonchev–Trinajstić information content (AvgIpc) is 3.28. The van der Waals surface area contributed by atoms with Crippen molar-refractivity contribution in [2.75, 3.05) is 0 Å². The van der Waals surface area contributed by atoms with Crippen LogP contribution < -0.4 is 0 Å². The van der Waals surface area contributed by atoms with Crippen LogP contribution in [0.5, 0.6) is 0 Å². The quantitative estimate of drug-likeness (QED) is 0.426. The van der Waals surface area contributed by atoms with Gasteiger partial charge in [0.15, 0.2) is 5.78 Å². The van der Waals surface area contributed by atoms with Gasteiger partial charge in [-0.2, -0.15) is 13.2 Å². The highest BCUT2D eigenvalue weighted by Crippen LogP contribution is 2.35. The van der Waals surface area contributed by atoms with Gasteiger partial charge in [-0.3, -0.25) is 9.78 Å². The van der Waals surface area contributed by atoms with Gasteiger partial charge in [0.05, 0.1) is 16.9 Å². The first-order valence-corrected chi connectivity index (χ1v) is 10.6. The van der Waals surface area contributed by atoms with E-state index >= 15 is 0 Å². The van der Waals surface area contributed by atoms with E-state index < -0.39 is 11.7 Å². The first kappa shape index (κ1) is 21.9. The van der Waals surface area contributed by atoms with Crippen LogP contribution in [0.15, 0.2) is 54.9 Å². The zero-order chi connectivity index (χ0) is 24.1. The number of hydrogen-bond donors (Lipinski definition) is 0. The Labute approximate surface area is 192 Å². The van der Waals surface area contributed by atoms with Gasteiger partial charge in [0.25, 0.3) is 0 Å². The fourth-order valence-electron chi connectivity index (χ4n) is 4.08. The Kier molecular flexibility index (Phi) is 5.03. The lowest BCUT2D eigenvalue weighted by Crippen LogP contribution is -2.27. The Bertz CT molecular complexity index is 1400. The van der Waals surface area contributed by atoms with Gasteiger partial charge in [-0.25, -0.2) is 4.98 Å². The molecule has 172 valence electrons. The first-order valence-electron chi connectivity index (χ1n) is 10.6. The second-order valence-electron chi connectivity index (χ2n) is 9.04. The fourth-order valence-corrected chi connectivity index (χ4v) is 4.08. The zero-order valence-electron chi connectivity index (χ0n) is 18.3. The first-order chi connectivity index (χ1) is 16.1. The monoisotopic (exact) mass is 464 g/mol. The van der Waals surface area contributed by atoms with Crippen LogP contribution >= 0.6 is 0 Å². The van der Waals surface area contributed by atoms with Gasteiger partial charge >= 0.3 is 6.18 Å². The Morgan fingerprint density at radius 3 is 2.59 bits per heavy atom. The number of ketones is 1. The molecule has 0 amide bonds. The van der Waals surface area contributed by atoms with E-state index in [4.69, 9.17) is 0 Å². The largest absolute Gasteiger partial charge is 0.416 e. The van der Waals surface area contributed by atoms with Crippen LogP contribution in [0.1, 0.15) is 41.9 Å². The maximum absolute atomic E-state index is 13.6. The molecule has 0 bridgehead atoms. The molecule has 0 atom stereocenters. The normalized spacial score (nSPS) is 15.3. The molecule has 10 heteroatoms. The summed E-state index contributed by atoms with van der Waals surface area (Å²) in [6.45, 7) is 4.01. The molecule has 1 aliphatic carbocycles. The number of Topliss-reactive ketones (excluding diaryl/α,β-unsaturated/α-hetero) is 1. The van der Waals surface area contributed by atoms with Crippen LogP contribution in [0.25, 0.3) is 28.3 Å². The minimum atomic E-state index is -4.56. The molecule has 0 unspecified atom stereocenters. The Morgan fingerprint density at radius 2 is 1.85 bits per heavy atom. The number of hydrogen-bond acceptors (Lipinski definition) is 6. The standard InChI is InChI=1S/C24H19F3N6O/c1-23(2)11-20-18(21(34)12-23)5-6-19(29-20)22-30-32-33(31-22)17-9-15(14-4-3-7-28-13-14)8-16(10-17)24(25,26)27/h3-10,13H,11-12H2,1-2H3. The molecule has 5 rings (SSSR count). The third-order valence-electron chi connectivity index (χ3n) is 5.67. The van der Waals surface area contributed by atoms with E-state index in [0.29, 0.717) is 40.9 Å². The molecular formula is C24H19F3N6O. The van der Waals surface area contributed by atoms with Crippen LogP contribution in [0.3, 0.4) is 0 Å². The van der Waals surface area contributed by atoms with Crippen molar-refractivity contribution in [2.24, 2.45) is 5.41 Å². The number of halogens is 3. The molecule has 7 nitrogen and oxygen atoms in total. The molecule has 0 N–H and O–H groups in total. The number of fused-ring (bicyclic) bond motifs is 1. The average molecular weight is 464 g/mol. The molecular weight excluding hydrogens is 445 g/mol. The summed E-state index contributed by atoms with van der Waals surface area (Å²) in [4.78, 5) is 22.0. The van der Waals surface area contributed by atoms with Gasteiger partial charge in [0, 0.05) is 29.9 Å². The van der Waals surface area contributed by atoms with E-state index in [9.17, 15) is 18.0 Å². The molecule has 0 radical (unpaired) electrons. The Morgan fingerprint density at radius 1 is 1.03 bits per heavy atom. The number of pyridine rings is 2. The summed E-state index contributed by atoms with van der Waals surface area (Å²) in [7, 11) is 0. The molecule has 0 aliphatic heterocycles. The minimum Gasteiger partial charge on any atom is -0.294 e. The Hall–Kier alpha value is -3.95. The number of rotatable bonds is 3. The summed E-state index contributed by atoms with van der Waals surface area (Å²) in [5, 5.41) is 12.2. The number of carbonyl (C=O) groups excluding carboxylic acids is 1. The SMILES string of the molecule is CC1(C)CC(=O)c2ccc(-c3nnn(-c4cc(-c5cccnc5)cc(C(F)(F)F)c4)n3)nc2C1. The number of aromatic nitrogens is 6. The van der Waals surface area contributed by atoms with Crippen LogP contribution in [0, 0.1) is 5.41 Å². The van der Waals surface area contributed by atoms with Crippen molar-refractivity contribution in [1.82, 2.24) is 30.2 Å². The minimum absolute atomic E-state index is 0.0359. The number of carbonyl (C=O) groups is 1. The number of nitrogens with zero attached hydrogens (tertiary/aromatic N) is 6. The molecule has 0 saturated heterocycles. The van der Waals surface area contributed by atoms with Crippen molar-refractivity contribution < 1.29 is 18.0 Å². The van der Waals surface area contributed by atoms with Gasteiger partial charge in [-0.15, -0.1) is 15.0 Å². The van der Waals surface area contributed by atoms with Crippen LogP contribution in [0.2, 0.25) is 0 Å². The van der Waals surface area contributed by atoms with E-state index in [1.54, 1.807) is 36.5 Å². The predicted octanol–water partition coefficient (Wildman–Crippen LogP) is 4.96. The summed E-state index contributed by atoms with van der Waals surface area (Å²) in [6, 6.07) is 10.2. The summed E-state index contributed by atoms with van der Waals surface area (Å²) in [6.07, 6.45) is -0.457. The molecule has 0 spiro atoms. The van der Waals surface area contributed by atoms with Crippen molar-refractivity contribution in [3.8, 4) is 28.3 Å². The van der Waals surface area contributed by atoms with E-state index in [0.717, 1.165) is 16.9 Å². The van der Waals surface area contributed by atoms with Crippen molar-refractivity contribution >= 4 is 5.78 Å². The van der Waals surface area contributed by atoms with Crippen molar-refractivity contribution in [2.45, 2.75) is 32.9 Å². The summed E-state index contributed by atoms with van der Waals surface area (Å²) < 4.78 is 40.8. The molecule has 1 aliphatic rings. The second kappa shape index (κ2) is 7.82. The van der Waals surface area contributed by atoms with E-state index in [2.05, 4.69) is 25.4 Å². The van der Waals surface area contributed by atoms with Crippen molar-refractivity contribution in [1.29, 1.82) is 0 Å². The molecule has 3 aromatic heterocycles. The van der Waals surface area contributed by atoms with Crippen molar-refractivity contribution in [3.63, 3.8) is 0 Å². The molecule has 1 aromatic carbocycles. The lowest BCUT2D eigenvalue weighted by Gasteiger charge is -2.29. The molecule has 34 heavy (non-hydrogen) atoms. The van der Waals surface area contributed by atoms with E-state index in [1.807, 2.05) is 13.8 Å². The maximum Gasteiger partial charge on any atom is 0.416 e. The van der Waals surface area contributed by atoms with Gasteiger partial charge in [-0.05, 0) is 59.0 Å². The van der Waals surface area contributed by atoms with Gasteiger partial charge < -0.3 is 0 Å². The third kappa shape index (κ3) is 4.18. The number of tetrazole rings is 1. The number of benzene rings is 1.